The first-order valence-corrected chi connectivity index (χ1v) is 11.7. The highest BCUT2D eigenvalue weighted by Gasteiger charge is 2.28. The van der Waals surface area contributed by atoms with Crippen molar-refractivity contribution in [3.8, 4) is 0 Å². The van der Waals surface area contributed by atoms with E-state index in [1.54, 1.807) is 18.3 Å². The van der Waals surface area contributed by atoms with Gasteiger partial charge in [0.2, 0.25) is 16.0 Å². The zero-order valence-corrected chi connectivity index (χ0v) is 17.6. The summed E-state index contributed by atoms with van der Waals surface area (Å²) in [7, 11) is -3.41. The highest BCUT2D eigenvalue weighted by molar-refractivity contribution is 7.92. The number of sulfonamides is 1. The Kier molecular flexibility index (Phi) is 4.70. The molecule has 2 heterocycles. The second kappa shape index (κ2) is 7.55. The molecule has 0 amide bonds. The zero-order chi connectivity index (χ0) is 21.4. The Labute approximate surface area is 179 Å². The third-order valence-electron chi connectivity index (χ3n) is 5.01. The van der Waals surface area contributed by atoms with Crippen LogP contribution in [0.1, 0.15) is 24.3 Å². The average Bonchev–Trinajstić information content (AvgIpc) is 3.46. The highest BCUT2D eigenvalue weighted by atomic mass is 32.2. The van der Waals surface area contributed by atoms with E-state index in [4.69, 9.17) is 4.98 Å². The van der Waals surface area contributed by atoms with E-state index in [-0.39, 0.29) is 0 Å². The fraction of sp³-hybridized carbons (Fsp3) is 0.190. The second-order valence-electron chi connectivity index (χ2n) is 7.61. The Morgan fingerprint density at radius 3 is 2.61 bits per heavy atom. The first-order chi connectivity index (χ1) is 14.9. The molecule has 158 valence electrons. The highest BCUT2D eigenvalue weighted by Crippen LogP contribution is 2.43. The van der Waals surface area contributed by atoms with Gasteiger partial charge < -0.3 is 10.6 Å². The van der Waals surface area contributed by atoms with Crippen LogP contribution in [0.25, 0.3) is 10.9 Å². The lowest BCUT2D eigenvalue weighted by atomic mass is 10.2. The predicted octanol–water partition coefficient (Wildman–Crippen LogP) is 4.09. The second-order valence-corrected chi connectivity index (χ2v) is 9.36. The normalized spacial score (nSPS) is 13.8. The maximum atomic E-state index is 11.7. The van der Waals surface area contributed by atoms with Crippen molar-refractivity contribution in [2.75, 3.05) is 21.6 Å². The first kappa shape index (κ1) is 19.3. The lowest BCUT2D eigenvalue weighted by Gasteiger charge is -2.16. The van der Waals surface area contributed by atoms with Gasteiger partial charge in [0.05, 0.1) is 29.3 Å². The van der Waals surface area contributed by atoms with E-state index in [9.17, 15) is 8.42 Å². The monoisotopic (exact) mass is 435 g/mol. The van der Waals surface area contributed by atoms with Crippen LogP contribution in [-0.4, -0.2) is 34.8 Å². The predicted molar refractivity (Wildman–Crippen MR) is 122 cm³/mol. The van der Waals surface area contributed by atoms with Crippen molar-refractivity contribution in [2.45, 2.75) is 18.8 Å². The smallest absolute Gasteiger partial charge is 0.229 e. The van der Waals surface area contributed by atoms with Crippen LogP contribution < -0.4 is 15.4 Å². The lowest BCUT2D eigenvalue weighted by molar-refractivity contribution is 0.607. The lowest BCUT2D eigenvalue weighted by Crippen LogP contribution is -2.11. The van der Waals surface area contributed by atoms with E-state index in [2.05, 4.69) is 30.5 Å². The molecule has 9 nitrogen and oxygen atoms in total. The Balaban J connectivity index is 1.46. The number of fused-ring (bicyclic) bond motifs is 1. The van der Waals surface area contributed by atoms with Gasteiger partial charge in [-0.2, -0.15) is 10.1 Å². The Morgan fingerprint density at radius 2 is 1.84 bits per heavy atom. The van der Waals surface area contributed by atoms with Gasteiger partial charge in [0.25, 0.3) is 0 Å². The van der Waals surface area contributed by atoms with Crippen molar-refractivity contribution in [2.24, 2.45) is 0 Å². The maximum absolute atomic E-state index is 11.7. The Hall–Kier alpha value is -3.66. The van der Waals surface area contributed by atoms with Crippen LogP contribution in [-0.2, 0) is 10.0 Å². The molecule has 31 heavy (non-hydrogen) atoms. The molecule has 0 atom stereocenters. The van der Waals surface area contributed by atoms with Crippen LogP contribution in [0, 0.1) is 0 Å². The Bertz CT molecular complexity index is 1360. The third kappa shape index (κ3) is 4.43. The number of rotatable bonds is 7. The van der Waals surface area contributed by atoms with E-state index in [1.165, 1.54) is 0 Å². The summed E-state index contributed by atoms with van der Waals surface area (Å²) in [6.45, 7) is 0. The van der Waals surface area contributed by atoms with Gasteiger partial charge in [0.1, 0.15) is 5.82 Å². The van der Waals surface area contributed by atoms with Crippen molar-refractivity contribution in [3.05, 3.63) is 60.4 Å². The number of aromatic nitrogens is 4. The van der Waals surface area contributed by atoms with Gasteiger partial charge in [-0.3, -0.25) is 9.82 Å². The minimum absolute atomic E-state index is 0.410. The summed E-state index contributed by atoms with van der Waals surface area (Å²) in [5.74, 6) is 1.51. The number of aromatic amines is 1. The van der Waals surface area contributed by atoms with Crippen LogP contribution in [0.3, 0.4) is 0 Å². The van der Waals surface area contributed by atoms with Crippen molar-refractivity contribution in [1.82, 2.24) is 20.2 Å². The van der Waals surface area contributed by atoms with Crippen LogP contribution in [0.5, 0.6) is 0 Å². The number of hydrogen-bond donors (Lipinski definition) is 4. The minimum Gasteiger partial charge on any atom is -0.338 e. The molecule has 2 aromatic carbocycles. The van der Waals surface area contributed by atoms with Crippen LogP contribution in [0.2, 0.25) is 0 Å². The molecule has 0 unspecified atom stereocenters. The van der Waals surface area contributed by atoms with Gasteiger partial charge in [0, 0.05) is 22.8 Å². The Morgan fingerprint density at radius 1 is 1.03 bits per heavy atom. The molecular weight excluding hydrogens is 414 g/mol. The van der Waals surface area contributed by atoms with E-state index >= 15 is 0 Å². The van der Waals surface area contributed by atoms with Crippen molar-refractivity contribution >= 4 is 49.8 Å². The molecule has 1 aliphatic rings. The van der Waals surface area contributed by atoms with Gasteiger partial charge in [0.15, 0.2) is 0 Å². The van der Waals surface area contributed by atoms with Gasteiger partial charge in [-0.1, -0.05) is 12.1 Å². The van der Waals surface area contributed by atoms with Crippen LogP contribution in [0.15, 0.2) is 54.9 Å². The first-order valence-electron chi connectivity index (χ1n) is 9.85. The summed E-state index contributed by atoms with van der Waals surface area (Å²) < 4.78 is 26.0. The summed E-state index contributed by atoms with van der Waals surface area (Å²) in [6.07, 6.45) is 6.90. The zero-order valence-electron chi connectivity index (χ0n) is 16.8. The van der Waals surface area contributed by atoms with Crippen LogP contribution >= 0.6 is 0 Å². The summed E-state index contributed by atoms with van der Waals surface area (Å²) >= 11 is 0. The fourth-order valence-electron chi connectivity index (χ4n) is 3.40. The van der Waals surface area contributed by atoms with Crippen LogP contribution in [0.4, 0.5) is 28.8 Å². The molecule has 0 bridgehead atoms. The van der Waals surface area contributed by atoms with Gasteiger partial charge in [-0.25, -0.2) is 13.4 Å². The summed E-state index contributed by atoms with van der Waals surface area (Å²) in [5.41, 5.74) is 3.85. The maximum Gasteiger partial charge on any atom is 0.229 e. The SMILES string of the molecule is CS(=O)(=O)Nc1ccccc1Nc1nc(Nc2ccc3cn[nH]c3c2)ncc1C1CC1. The number of para-hydroxylation sites is 2. The molecule has 0 aliphatic heterocycles. The molecule has 1 fully saturated rings. The average molecular weight is 436 g/mol. The topological polar surface area (TPSA) is 125 Å². The van der Waals surface area contributed by atoms with Crippen molar-refractivity contribution in [3.63, 3.8) is 0 Å². The molecule has 0 saturated heterocycles. The summed E-state index contributed by atoms with van der Waals surface area (Å²) in [5, 5.41) is 14.5. The number of hydrogen-bond acceptors (Lipinski definition) is 7. The molecule has 5 rings (SSSR count). The molecule has 1 saturated carbocycles. The molecule has 0 radical (unpaired) electrons. The standard InChI is InChI=1S/C21H21N7O2S/c1-31(29,30)28-18-5-3-2-4-17(18)25-20-16(13-6-7-13)12-22-21(26-20)24-15-9-8-14-11-23-27-19(14)10-15/h2-5,8-13,28H,6-7H2,1H3,(H,23,27)(H2,22,24,25,26). The van der Waals surface area contributed by atoms with E-state index in [1.807, 2.05) is 36.5 Å². The molecule has 10 heteroatoms. The van der Waals surface area contributed by atoms with Crippen molar-refractivity contribution < 1.29 is 8.42 Å². The molecule has 4 N–H and O–H groups in total. The van der Waals surface area contributed by atoms with E-state index in [0.717, 1.165) is 41.3 Å². The summed E-state index contributed by atoms with van der Waals surface area (Å²) in [6, 6.07) is 13.0. The third-order valence-corrected chi connectivity index (χ3v) is 5.60. The molecule has 2 aromatic heterocycles. The fourth-order valence-corrected chi connectivity index (χ4v) is 3.97. The van der Waals surface area contributed by atoms with E-state index in [0.29, 0.717) is 29.1 Å². The quantitative estimate of drug-likeness (QED) is 0.345. The van der Waals surface area contributed by atoms with Gasteiger partial charge in [-0.15, -0.1) is 0 Å². The van der Waals surface area contributed by atoms with Gasteiger partial charge in [-0.05, 0) is 49.1 Å². The molecule has 4 aromatic rings. The molecule has 0 spiro atoms. The number of anilines is 5. The number of nitrogens with one attached hydrogen (secondary N) is 4. The minimum atomic E-state index is -3.41. The number of nitrogens with zero attached hydrogens (tertiary/aromatic N) is 3. The van der Waals surface area contributed by atoms with E-state index < -0.39 is 10.0 Å². The largest absolute Gasteiger partial charge is 0.338 e. The van der Waals surface area contributed by atoms with Gasteiger partial charge >= 0.3 is 0 Å². The molecular formula is C21H21N7O2S. The number of H-pyrrole nitrogens is 1. The molecule has 1 aliphatic carbocycles. The summed E-state index contributed by atoms with van der Waals surface area (Å²) in [4.78, 5) is 9.18. The van der Waals surface area contributed by atoms with Crippen molar-refractivity contribution in [1.29, 1.82) is 0 Å². The number of benzene rings is 2.